The van der Waals surface area contributed by atoms with Gasteiger partial charge in [0.2, 0.25) is 0 Å². The van der Waals surface area contributed by atoms with Crippen molar-refractivity contribution >= 4 is 11.7 Å². The van der Waals surface area contributed by atoms with Crippen LogP contribution in [0.3, 0.4) is 0 Å². The van der Waals surface area contributed by atoms with Crippen molar-refractivity contribution in [1.29, 1.82) is 0 Å². The van der Waals surface area contributed by atoms with Crippen molar-refractivity contribution in [3.8, 4) is 0 Å². The maximum Gasteiger partial charge on any atom is 0.272 e. The number of nitrogens with zero attached hydrogens (tertiary/aromatic N) is 5. The lowest BCUT2D eigenvalue weighted by molar-refractivity contribution is 0.0706. The van der Waals surface area contributed by atoms with E-state index >= 15 is 0 Å². The van der Waals surface area contributed by atoms with Gasteiger partial charge in [0.05, 0.1) is 11.4 Å². The van der Waals surface area contributed by atoms with Crippen molar-refractivity contribution in [3.05, 3.63) is 35.3 Å². The number of anilines is 1. The minimum absolute atomic E-state index is 0.0750. The lowest BCUT2D eigenvalue weighted by Crippen LogP contribution is -2.43. The molecule has 2 aromatic heterocycles. The first kappa shape index (κ1) is 16.4. The zero-order valence-corrected chi connectivity index (χ0v) is 14.5. The van der Waals surface area contributed by atoms with Crippen LogP contribution in [0.15, 0.2) is 18.2 Å². The number of aryl methyl sites for hydroxylation is 3. The van der Waals surface area contributed by atoms with Gasteiger partial charge in [0.1, 0.15) is 11.5 Å². The monoisotopic (exact) mass is 328 g/mol. The molecule has 0 aromatic carbocycles. The summed E-state index contributed by atoms with van der Waals surface area (Å²) in [4.78, 5) is 14.6. The molecule has 0 aliphatic carbocycles. The van der Waals surface area contributed by atoms with Crippen LogP contribution in [0.4, 0.5) is 5.82 Å². The molecule has 0 atom stereocenters. The van der Waals surface area contributed by atoms with E-state index in [-0.39, 0.29) is 5.91 Å². The van der Waals surface area contributed by atoms with Gasteiger partial charge in [0.25, 0.3) is 5.91 Å². The lowest BCUT2D eigenvalue weighted by Gasteiger charge is -2.32. The number of hydrogen-bond donors (Lipinski definition) is 1. The number of amides is 1. The molecule has 1 aliphatic rings. The third kappa shape index (κ3) is 3.55. The molecule has 1 saturated heterocycles. The molecule has 0 saturated carbocycles. The number of nitrogens with one attached hydrogen (secondary N) is 1. The number of carbonyl (C=O) groups is 1. The summed E-state index contributed by atoms with van der Waals surface area (Å²) in [5.74, 6) is 0.871. The van der Waals surface area contributed by atoms with E-state index in [1.165, 1.54) is 0 Å². The van der Waals surface area contributed by atoms with E-state index in [2.05, 4.69) is 20.6 Å². The zero-order valence-electron chi connectivity index (χ0n) is 14.5. The highest BCUT2D eigenvalue weighted by Gasteiger charge is 2.26. The van der Waals surface area contributed by atoms with E-state index < -0.39 is 0 Å². The number of hydrogen-bond acceptors (Lipinski definition) is 5. The van der Waals surface area contributed by atoms with Crippen LogP contribution in [0, 0.1) is 13.8 Å². The minimum Gasteiger partial charge on any atom is -0.366 e. The fourth-order valence-corrected chi connectivity index (χ4v) is 3.03. The first-order chi connectivity index (χ1) is 11.6. The molecule has 1 N–H and O–H groups in total. The number of aromatic nitrogens is 4. The Balaban J connectivity index is 1.58. The van der Waals surface area contributed by atoms with Crippen LogP contribution >= 0.6 is 0 Å². The van der Waals surface area contributed by atoms with Crippen molar-refractivity contribution in [1.82, 2.24) is 24.9 Å². The number of likely N-dealkylation sites (tertiary alicyclic amines) is 1. The Labute approximate surface area is 142 Å². The second-order valence-electron chi connectivity index (χ2n) is 6.26. The van der Waals surface area contributed by atoms with Gasteiger partial charge in [-0.2, -0.15) is 10.2 Å². The van der Waals surface area contributed by atoms with Crippen LogP contribution in [-0.2, 0) is 6.54 Å². The van der Waals surface area contributed by atoms with Crippen LogP contribution < -0.4 is 5.32 Å². The summed E-state index contributed by atoms with van der Waals surface area (Å²) in [6, 6.07) is 6.09. The van der Waals surface area contributed by atoms with Gasteiger partial charge in [-0.1, -0.05) is 0 Å². The Morgan fingerprint density at radius 3 is 2.58 bits per heavy atom. The third-order valence-electron chi connectivity index (χ3n) is 4.35. The van der Waals surface area contributed by atoms with E-state index in [9.17, 15) is 4.79 Å². The Morgan fingerprint density at radius 2 is 1.96 bits per heavy atom. The highest BCUT2D eigenvalue weighted by atomic mass is 16.2. The van der Waals surface area contributed by atoms with Gasteiger partial charge in [-0.15, -0.1) is 5.10 Å². The van der Waals surface area contributed by atoms with Crippen LogP contribution in [0.2, 0.25) is 0 Å². The Kier molecular flexibility index (Phi) is 4.78. The van der Waals surface area contributed by atoms with Crippen molar-refractivity contribution in [2.75, 3.05) is 18.4 Å². The zero-order chi connectivity index (χ0) is 17.1. The molecular formula is C17H24N6O. The summed E-state index contributed by atoms with van der Waals surface area (Å²) < 4.78 is 1.78. The number of rotatable bonds is 4. The first-order valence-corrected chi connectivity index (χ1v) is 8.47. The number of carbonyl (C=O) groups excluding carboxylic acids is 1. The second kappa shape index (κ2) is 6.98. The van der Waals surface area contributed by atoms with Gasteiger partial charge in [-0.05, 0) is 51.8 Å². The Hall–Kier alpha value is -2.44. The molecule has 2 aromatic rings. The molecule has 7 nitrogen and oxygen atoms in total. The minimum atomic E-state index is 0.0750. The van der Waals surface area contributed by atoms with Gasteiger partial charge in [-0.3, -0.25) is 9.48 Å². The molecule has 24 heavy (non-hydrogen) atoms. The molecule has 3 heterocycles. The third-order valence-corrected chi connectivity index (χ3v) is 4.35. The number of piperidine rings is 1. The smallest absolute Gasteiger partial charge is 0.272 e. The van der Waals surface area contributed by atoms with Crippen molar-refractivity contribution in [3.63, 3.8) is 0 Å². The average Bonchev–Trinajstić information content (AvgIpc) is 2.98. The molecule has 1 fully saturated rings. The average molecular weight is 328 g/mol. The summed E-state index contributed by atoms with van der Waals surface area (Å²) in [5, 5.41) is 16.0. The molecule has 128 valence electrons. The van der Waals surface area contributed by atoms with Gasteiger partial charge < -0.3 is 10.2 Å². The summed E-state index contributed by atoms with van der Waals surface area (Å²) in [6.45, 7) is 8.03. The summed E-state index contributed by atoms with van der Waals surface area (Å²) in [7, 11) is 0. The highest BCUT2D eigenvalue weighted by Crippen LogP contribution is 2.17. The summed E-state index contributed by atoms with van der Waals surface area (Å²) >= 11 is 0. The molecule has 0 spiro atoms. The van der Waals surface area contributed by atoms with Crippen LogP contribution in [0.5, 0.6) is 0 Å². The summed E-state index contributed by atoms with van der Waals surface area (Å²) in [5.41, 5.74) is 2.48. The van der Waals surface area contributed by atoms with E-state index in [4.69, 9.17) is 0 Å². The van der Waals surface area contributed by atoms with Crippen LogP contribution in [-0.4, -0.2) is 49.9 Å². The quantitative estimate of drug-likeness (QED) is 0.929. The molecule has 1 amide bonds. The van der Waals surface area contributed by atoms with Gasteiger partial charge in [0.15, 0.2) is 0 Å². The highest BCUT2D eigenvalue weighted by molar-refractivity contribution is 5.92. The van der Waals surface area contributed by atoms with E-state index in [0.29, 0.717) is 18.3 Å². The van der Waals surface area contributed by atoms with Crippen LogP contribution in [0.25, 0.3) is 0 Å². The lowest BCUT2D eigenvalue weighted by atomic mass is 10.0. The van der Waals surface area contributed by atoms with E-state index in [1.54, 1.807) is 4.68 Å². The molecule has 0 bridgehead atoms. The Bertz CT molecular complexity index is 700. The largest absolute Gasteiger partial charge is 0.366 e. The molecule has 0 radical (unpaired) electrons. The van der Waals surface area contributed by atoms with Crippen molar-refractivity contribution in [2.24, 2.45) is 0 Å². The Morgan fingerprint density at radius 1 is 1.21 bits per heavy atom. The van der Waals surface area contributed by atoms with Crippen LogP contribution in [0.1, 0.15) is 41.6 Å². The molecule has 7 heteroatoms. The summed E-state index contributed by atoms with van der Waals surface area (Å²) in [6.07, 6.45) is 1.81. The molecule has 0 unspecified atom stereocenters. The predicted octanol–water partition coefficient (Wildman–Crippen LogP) is 2.03. The predicted molar refractivity (Wildman–Crippen MR) is 92.0 cm³/mol. The maximum absolute atomic E-state index is 12.7. The van der Waals surface area contributed by atoms with Gasteiger partial charge in [0, 0.05) is 25.7 Å². The molecule has 1 aliphatic heterocycles. The SMILES string of the molecule is CCn1nc(C)cc1C(=O)N1CCC(Nc2ccc(C)nn2)CC1. The first-order valence-electron chi connectivity index (χ1n) is 8.47. The standard InChI is InChI=1S/C17H24N6O/c1-4-23-15(11-13(3)21-23)17(24)22-9-7-14(8-10-22)18-16-6-5-12(2)19-20-16/h5-6,11,14H,4,7-10H2,1-3H3,(H,18,20). The van der Waals surface area contributed by atoms with Gasteiger partial charge in [-0.25, -0.2) is 0 Å². The second-order valence-corrected chi connectivity index (χ2v) is 6.26. The fraction of sp³-hybridized carbons (Fsp3) is 0.529. The van der Waals surface area contributed by atoms with E-state index in [1.807, 2.05) is 43.9 Å². The van der Waals surface area contributed by atoms with Crippen molar-refractivity contribution < 1.29 is 4.79 Å². The van der Waals surface area contributed by atoms with Gasteiger partial charge >= 0.3 is 0 Å². The fourth-order valence-electron chi connectivity index (χ4n) is 3.03. The molecule has 3 rings (SSSR count). The maximum atomic E-state index is 12.7. The van der Waals surface area contributed by atoms with E-state index in [0.717, 1.165) is 43.1 Å². The molecular weight excluding hydrogens is 304 g/mol. The van der Waals surface area contributed by atoms with Crippen molar-refractivity contribution in [2.45, 2.75) is 46.2 Å². The normalized spacial score (nSPS) is 15.5. The topological polar surface area (TPSA) is 75.9 Å².